The first-order valence-electron chi connectivity index (χ1n) is 7.94. The number of hydrogen-bond acceptors (Lipinski definition) is 3. The molecule has 0 fully saturated rings. The van der Waals surface area contributed by atoms with E-state index >= 15 is 0 Å². The lowest BCUT2D eigenvalue weighted by molar-refractivity contribution is -0.127. The molecule has 2 N–H and O–H groups in total. The van der Waals surface area contributed by atoms with E-state index in [2.05, 4.69) is 23.0 Å². The van der Waals surface area contributed by atoms with Crippen molar-refractivity contribution in [3.8, 4) is 0 Å². The first kappa shape index (κ1) is 17.0. The average molecular weight is 350 g/mol. The van der Waals surface area contributed by atoms with Crippen LogP contribution in [0.5, 0.6) is 0 Å². The maximum atomic E-state index is 11.9. The maximum Gasteiger partial charge on any atom is 0.248 e. The summed E-state index contributed by atoms with van der Waals surface area (Å²) >= 11 is 1.44. The second-order valence-electron chi connectivity index (χ2n) is 5.56. The van der Waals surface area contributed by atoms with Gasteiger partial charge < -0.3 is 0 Å². The number of hydrogen-bond donors (Lipinski definition) is 2. The maximum absolute atomic E-state index is 11.9. The SMILES string of the molecule is O=C(CSc1ccc2ccccc2c1)NNC(=O)Cc1ccccc1. The van der Waals surface area contributed by atoms with Crippen LogP contribution >= 0.6 is 11.8 Å². The Bertz CT molecular complexity index is 881. The fourth-order valence-corrected chi connectivity index (χ4v) is 3.15. The van der Waals surface area contributed by atoms with E-state index in [1.54, 1.807) is 0 Å². The largest absolute Gasteiger partial charge is 0.273 e. The lowest BCUT2D eigenvalue weighted by Gasteiger charge is -2.08. The number of fused-ring (bicyclic) bond motifs is 1. The van der Waals surface area contributed by atoms with E-state index in [0.29, 0.717) is 0 Å². The second-order valence-corrected chi connectivity index (χ2v) is 6.61. The molecule has 0 aliphatic rings. The topological polar surface area (TPSA) is 58.2 Å². The quantitative estimate of drug-likeness (QED) is 0.548. The molecular weight excluding hydrogens is 332 g/mol. The Kier molecular flexibility index (Phi) is 5.69. The van der Waals surface area contributed by atoms with Gasteiger partial charge in [-0.15, -0.1) is 11.8 Å². The minimum absolute atomic E-state index is 0.235. The molecule has 0 unspecified atom stereocenters. The van der Waals surface area contributed by atoms with E-state index in [9.17, 15) is 9.59 Å². The molecule has 3 rings (SSSR count). The van der Waals surface area contributed by atoms with E-state index in [1.165, 1.54) is 17.1 Å². The van der Waals surface area contributed by atoms with Crippen molar-refractivity contribution < 1.29 is 9.59 Å². The first-order valence-corrected chi connectivity index (χ1v) is 8.92. The molecule has 2 amide bonds. The van der Waals surface area contributed by atoms with Crippen molar-refractivity contribution in [1.82, 2.24) is 10.9 Å². The zero-order valence-electron chi connectivity index (χ0n) is 13.6. The molecule has 0 radical (unpaired) electrons. The minimum Gasteiger partial charge on any atom is -0.273 e. The Morgan fingerprint density at radius 1 is 0.760 bits per heavy atom. The van der Waals surface area contributed by atoms with Crippen LogP contribution in [0, 0.1) is 0 Å². The first-order chi connectivity index (χ1) is 12.2. The van der Waals surface area contributed by atoms with Gasteiger partial charge in [0.05, 0.1) is 12.2 Å². The zero-order valence-corrected chi connectivity index (χ0v) is 14.4. The van der Waals surface area contributed by atoms with Gasteiger partial charge in [-0.1, -0.05) is 60.7 Å². The highest BCUT2D eigenvalue weighted by Gasteiger charge is 2.07. The van der Waals surface area contributed by atoms with E-state index in [4.69, 9.17) is 0 Å². The van der Waals surface area contributed by atoms with Crippen LogP contribution in [0.2, 0.25) is 0 Å². The zero-order chi connectivity index (χ0) is 17.5. The van der Waals surface area contributed by atoms with Crippen LogP contribution in [-0.2, 0) is 16.0 Å². The molecule has 0 aliphatic heterocycles. The molecule has 5 heteroatoms. The molecule has 0 aliphatic carbocycles. The fourth-order valence-electron chi connectivity index (χ4n) is 2.41. The highest BCUT2D eigenvalue weighted by molar-refractivity contribution is 8.00. The molecule has 0 spiro atoms. The molecule has 0 aromatic heterocycles. The molecular formula is C20H18N2O2S. The summed E-state index contributed by atoms with van der Waals surface area (Å²) in [7, 11) is 0. The number of rotatable bonds is 5. The molecule has 126 valence electrons. The fraction of sp³-hybridized carbons (Fsp3) is 0.100. The third-order valence-electron chi connectivity index (χ3n) is 3.64. The minimum atomic E-state index is -0.241. The number of hydrazine groups is 1. The van der Waals surface area contributed by atoms with E-state index in [1.807, 2.05) is 60.7 Å². The highest BCUT2D eigenvalue weighted by Crippen LogP contribution is 2.23. The summed E-state index contributed by atoms with van der Waals surface area (Å²) in [5.41, 5.74) is 5.80. The Balaban J connectivity index is 1.45. The van der Waals surface area contributed by atoms with Gasteiger partial charge in [-0.2, -0.15) is 0 Å². The molecule has 0 atom stereocenters. The lowest BCUT2D eigenvalue weighted by atomic mass is 10.1. The summed E-state index contributed by atoms with van der Waals surface area (Å²) in [5.74, 6) is -0.237. The monoisotopic (exact) mass is 350 g/mol. The van der Waals surface area contributed by atoms with Gasteiger partial charge in [0.2, 0.25) is 11.8 Å². The van der Waals surface area contributed by atoms with E-state index in [-0.39, 0.29) is 24.0 Å². The standard InChI is InChI=1S/C20H18N2O2S/c23-19(12-15-6-2-1-3-7-15)21-22-20(24)14-25-18-11-10-16-8-4-5-9-17(16)13-18/h1-11,13H,12,14H2,(H,21,23)(H,22,24). The number of carbonyl (C=O) groups is 2. The predicted molar refractivity (Wildman–Crippen MR) is 101 cm³/mol. The summed E-state index contributed by atoms with van der Waals surface area (Å²) < 4.78 is 0. The van der Waals surface area contributed by atoms with Crippen LogP contribution in [0.3, 0.4) is 0 Å². The predicted octanol–water partition coefficient (Wildman–Crippen LogP) is 3.32. The van der Waals surface area contributed by atoms with Crippen LogP contribution < -0.4 is 10.9 Å². The Labute approximate surface area is 150 Å². The normalized spacial score (nSPS) is 10.4. The van der Waals surface area contributed by atoms with Crippen LogP contribution in [0.1, 0.15) is 5.56 Å². The number of carbonyl (C=O) groups excluding carboxylic acids is 2. The van der Waals surface area contributed by atoms with Crippen molar-refractivity contribution in [1.29, 1.82) is 0 Å². The molecule has 3 aromatic carbocycles. The van der Waals surface area contributed by atoms with Crippen molar-refractivity contribution in [2.24, 2.45) is 0 Å². The average Bonchev–Trinajstić information content (AvgIpc) is 2.65. The van der Waals surface area contributed by atoms with Gasteiger partial charge in [0.25, 0.3) is 0 Å². The third-order valence-corrected chi connectivity index (χ3v) is 4.63. The van der Waals surface area contributed by atoms with Gasteiger partial charge in [-0.3, -0.25) is 20.4 Å². The molecule has 4 nitrogen and oxygen atoms in total. The van der Waals surface area contributed by atoms with Gasteiger partial charge in [0.1, 0.15) is 0 Å². The summed E-state index contributed by atoms with van der Waals surface area (Å²) in [6.07, 6.45) is 0.235. The number of thioether (sulfide) groups is 1. The lowest BCUT2D eigenvalue weighted by Crippen LogP contribution is -2.43. The van der Waals surface area contributed by atoms with Crippen molar-refractivity contribution in [2.45, 2.75) is 11.3 Å². The molecule has 0 bridgehead atoms. The summed E-state index contributed by atoms with van der Waals surface area (Å²) in [5, 5.41) is 2.31. The number of amides is 2. The Morgan fingerprint density at radius 2 is 1.44 bits per heavy atom. The van der Waals surface area contributed by atoms with Gasteiger partial charge in [0, 0.05) is 4.90 Å². The molecule has 0 saturated heterocycles. The van der Waals surface area contributed by atoms with Crippen LogP contribution in [0.15, 0.2) is 77.7 Å². The van der Waals surface area contributed by atoms with Crippen molar-refractivity contribution >= 4 is 34.3 Å². The second kappa shape index (κ2) is 8.35. The van der Waals surface area contributed by atoms with Crippen molar-refractivity contribution in [3.63, 3.8) is 0 Å². The number of benzene rings is 3. The van der Waals surface area contributed by atoms with Gasteiger partial charge >= 0.3 is 0 Å². The molecule has 25 heavy (non-hydrogen) atoms. The summed E-state index contributed by atoms with van der Waals surface area (Å²) in [6.45, 7) is 0. The molecule has 3 aromatic rings. The van der Waals surface area contributed by atoms with Gasteiger partial charge in [-0.25, -0.2) is 0 Å². The van der Waals surface area contributed by atoms with Gasteiger partial charge in [-0.05, 0) is 28.5 Å². The van der Waals surface area contributed by atoms with E-state index < -0.39 is 0 Å². The highest BCUT2D eigenvalue weighted by atomic mass is 32.2. The molecule has 0 saturated carbocycles. The molecule has 0 heterocycles. The smallest absolute Gasteiger partial charge is 0.248 e. The third kappa shape index (κ3) is 5.09. The van der Waals surface area contributed by atoms with Crippen LogP contribution in [-0.4, -0.2) is 17.6 Å². The van der Waals surface area contributed by atoms with Crippen molar-refractivity contribution in [3.05, 3.63) is 78.4 Å². The van der Waals surface area contributed by atoms with Gasteiger partial charge in [0.15, 0.2) is 0 Å². The van der Waals surface area contributed by atoms with Crippen molar-refractivity contribution in [2.75, 3.05) is 5.75 Å². The Hall–Kier alpha value is -2.79. The summed E-state index contributed by atoms with van der Waals surface area (Å²) in [4.78, 5) is 24.7. The number of nitrogens with one attached hydrogen (secondary N) is 2. The summed E-state index contributed by atoms with van der Waals surface area (Å²) in [6, 6.07) is 23.6. The van der Waals surface area contributed by atoms with Crippen LogP contribution in [0.4, 0.5) is 0 Å². The Morgan fingerprint density at radius 3 is 2.24 bits per heavy atom. The van der Waals surface area contributed by atoms with Crippen LogP contribution in [0.25, 0.3) is 10.8 Å². The van der Waals surface area contributed by atoms with E-state index in [0.717, 1.165) is 15.8 Å².